The first kappa shape index (κ1) is 26.9. The van der Waals surface area contributed by atoms with Crippen LogP contribution >= 0.6 is 10.8 Å². The normalized spacial score (nSPS) is 20.9. The van der Waals surface area contributed by atoms with Crippen molar-refractivity contribution in [3.05, 3.63) is 89.3 Å². The molecule has 1 amide bonds. The van der Waals surface area contributed by atoms with Gasteiger partial charge in [0, 0.05) is 30.6 Å². The average Bonchev–Trinajstić information content (AvgIpc) is 3.65. The van der Waals surface area contributed by atoms with E-state index in [0.717, 1.165) is 18.6 Å². The molecule has 0 radical (unpaired) electrons. The molecule has 4 N–H and O–H groups in total. The van der Waals surface area contributed by atoms with Gasteiger partial charge in [0.15, 0.2) is 5.69 Å². The molecule has 2 heterocycles. The Kier molecular flexibility index (Phi) is 8.50. The summed E-state index contributed by atoms with van der Waals surface area (Å²) in [6.07, 6.45) is 4.13. The van der Waals surface area contributed by atoms with Crippen molar-refractivity contribution in [2.24, 2.45) is 0 Å². The van der Waals surface area contributed by atoms with E-state index in [9.17, 15) is 13.9 Å². The predicted octanol–water partition coefficient (Wildman–Crippen LogP) is 5.57. The minimum atomic E-state index is -2.91. The molecule has 1 aliphatic heterocycles. The number of piperidine rings is 1. The Balaban J connectivity index is 1.10. The van der Waals surface area contributed by atoms with Crippen molar-refractivity contribution < 1.29 is 18.4 Å². The van der Waals surface area contributed by atoms with Crippen LogP contribution < -0.4 is 10.6 Å². The van der Waals surface area contributed by atoms with Crippen LogP contribution in [0.5, 0.6) is 0 Å². The molecule has 0 bridgehead atoms. The Bertz CT molecular complexity index is 1150. The molecule has 0 unspecified atom stereocenters. The zero-order chi connectivity index (χ0) is 26.5. The van der Waals surface area contributed by atoms with Gasteiger partial charge < -0.3 is 15.2 Å². The van der Waals surface area contributed by atoms with Crippen LogP contribution in [0.4, 0.5) is 0 Å². The Hall–Kier alpha value is -2.69. The summed E-state index contributed by atoms with van der Waals surface area (Å²) in [5, 5.41) is 10.6. The Labute approximate surface area is 226 Å². The van der Waals surface area contributed by atoms with Crippen LogP contribution in [0.2, 0.25) is 0 Å². The SMILES string of the molecule is C[C@H]1C[C@@H](NC(=O)c2cc(C3CC3)on2)CCN1S(O)(O)CCCNC(c1ccccc1)c1ccccc1. The molecule has 38 heavy (non-hydrogen) atoms. The highest BCUT2D eigenvalue weighted by molar-refractivity contribution is 8.22. The van der Waals surface area contributed by atoms with Gasteiger partial charge in [-0.15, -0.1) is 10.8 Å². The smallest absolute Gasteiger partial charge is 0.273 e. The number of aromatic nitrogens is 1. The summed E-state index contributed by atoms with van der Waals surface area (Å²) in [7, 11) is -2.91. The average molecular weight is 539 g/mol. The second-order valence-corrected chi connectivity index (χ2v) is 12.6. The molecule has 2 aromatic carbocycles. The van der Waals surface area contributed by atoms with Crippen LogP contribution in [0.15, 0.2) is 71.3 Å². The third-order valence-corrected chi connectivity index (χ3v) is 9.61. The standard InChI is InChI=1S/C29H38N4O4S/c1-21-19-25(31-29(34)26-20-27(37-32-26)22-13-14-22)15-17-33(21)38(35,36)18-8-16-30-28(23-9-4-2-5-10-23)24-11-6-3-7-12-24/h2-7,9-12,20-22,25,28,30,35-36H,8,13-19H2,1H3,(H,31,34)/t21-,25-/m0/s1. The van der Waals surface area contributed by atoms with Gasteiger partial charge in [0.1, 0.15) is 5.76 Å². The van der Waals surface area contributed by atoms with Crippen molar-refractivity contribution in [3.8, 4) is 0 Å². The lowest BCUT2D eigenvalue weighted by atomic mass is 9.99. The molecule has 204 valence electrons. The number of hydrogen-bond donors (Lipinski definition) is 4. The van der Waals surface area contributed by atoms with Crippen molar-refractivity contribution in [3.63, 3.8) is 0 Å². The lowest BCUT2D eigenvalue weighted by Gasteiger charge is -2.49. The van der Waals surface area contributed by atoms with Crippen molar-refractivity contribution in [1.29, 1.82) is 0 Å². The molecule has 1 saturated heterocycles. The van der Waals surface area contributed by atoms with E-state index in [2.05, 4.69) is 40.1 Å². The van der Waals surface area contributed by atoms with Gasteiger partial charge in [-0.3, -0.25) is 13.9 Å². The predicted molar refractivity (Wildman–Crippen MR) is 150 cm³/mol. The highest BCUT2D eigenvalue weighted by Crippen LogP contribution is 2.47. The molecule has 1 aromatic heterocycles. The van der Waals surface area contributed by atoms with Gasteiger partial charge in [0.2, 0.25) is 0 Å². The molecule has 2 atom stereocenters. The van der Waals surface area contributed by atoms with E-state index in [1.165, 1.54) is 11.1 Å². The van der Waals surface area contributed by atoms with Gasteiger partial charge in [-0.1, -0.05) is 65.8 Å². The maximum atomic E-state index is 12.6. The molecule has 5 rings (SSSR count). The number of carbonyl (C=O) groups is 1. The molecular formula is C29H38N4O4S. The molecule has 9 heteroatoms. The largest absolute Gasteiger partial charge is 0.360 e. The third kappa shape index (κ3) is 6.65. The number of nitrogens with one attached hydrogen (secondary N) is 2. The van der Waals surface area contributed by atoms with E-state index in [1.807, 2.05) is 47.6 Å². The number of amides is 1. The first-order valence-electron chi connectivity index (χ1n) is 13.5. The Morgan fingerprint density at radius 1 is 1.08 bits per heavy atom. The zero-order valence-corrected chi connectivity index (χ0v) is 22.6. The first-order valence-corrected chi connectivity index (χ1v) is 15.2. The molecular weight excluding hydrogens is 500 g/mol. The molecule has 2 fully saturated rings. The van der Waals surface area contributed by atoms with Gasteiger partial charge >= 0.3 is 0 Å². The summed E-state index contributed by atoms with van der Waals surface area (Å²) >= 11 is 0. The van der Waals surface area contributed by atoms with E-state index < -0.39 is 10.8 Å². The van der Waals surface area contributed by atoms with Gasteiger partial charge in [-0.05, 0) is 56.7 Å². The van der Waals surface area contributed by atoms with Gasteiger partial charge in [0.05, 0.1) is 11.8 Å². The number of rotatable bonds is 11. The second-order valence-electron chi connectivity index (χ2n) is 10.5. The highest BCUT2D eigenvalue weighted by atomic mass is 32.3. The molecule has 0 spiro atoms. The molecule has 1 saturated carbocycles. The van der Waals surface area contributed by atoms with Gasteiger partial charge in [-0.25, -0.2) is 4.31 Å². The number of hydrogen-bond acceptors (Lipinski definition) is 7. The molecule has 2 aliphatic rings. The van der Waals surface area contributed by atoms with Gasteiger partial charge in [0.25, 0.3) is 5.91 Å². The number of nitrogens with zero attached hydrogens (tertiary/aromatic N) is 2. The monoisotopic (exact) mass is 538 g/mol. The first-order chi connectivity index (χ1) is 18.4. The maximum absolute atomic E-state index is 12.6. The molecule has 8 nitrogen and oxygen atoms in total. The summed E-state index contributed by atoms with van der Waals surface area (Å²) in [5.41, 5.74) is 2.68. The lowest BCUT2D eigenvalue weighted by Crippen LogP contribution is -2.50. The summed E-state index contributed by atoms with van der Waals surface area (Å²) in [4.78, 5) is 12.6. The van der Waals surface area contributed by atoms with E-state index in [-0.39, 0.29) is 24.0 Å². The van der Waals surface area contributed by atoms with Crippen molar-refractivity contribution in [2.75, 3.05) is 18.8 Å². The van der Waals surface area contributed by atoms with Crippen LogP contribution in [0.25, 0.3) is 0 Å². The number of benzene rings is 2. The minimum absolute atomic E-state index is 0.0378. The summed E-state index contributed by atoms with van der Waals surface area (Å²) in [6, 6.07) is 22.3. The van der Waals surface area contributed by atoms with E-state index in [0.29, 0.717) is 49.7 Å². The molecule has 3 aromatic rings. The summed E-state index contributed by atoms with van der Waals surface area (Å²) in [6.45, 7) is 3.17. The molecule has 1 aliphatic carbocycles. The zero-order valence-electron chi connectivity index (χ0n) is 21.8. The van der Waals surface area contributed by atoms with E-state index >= 15 is 0 Å². The Morgan fingerprint density at radius 3 is 2.34 bits per heavy atom. The fraction of sp³-hybridized carbons (Fsp3) is 0.448. The van der Waals surface area contributed by atoms with Crippen LogP contribution in [0.1, 0.15) is 78.4 Å². The van der Waals surface area contributed by atoms with Crippen molar-refractivity contribution >= 4 is 16.7 Å². The highest BCUT2D eigenvalue weighted by Gasteiger charge is 2.35. The third-order valence-electron chi connectivity index (χ3n) is 7.48. The maximum Gasteiger partial charge on any atom is 0.273 e. The van der Waals surface area contributed by atoms with Crippen molar-refractivity contribution in [1.82, 2.24) is 20.1 Å². The Morgan fingerprint density at radius 2 is 1.74 bits per heavy atom. The van der Waals surface area contributed by atoms with Crippen LogP contribution in [-0.4, -0.2) is 55.4 Å². The number of carbonyl (C=O) groups excluding carboxylic acids is 1. The van der Waals surface area contributed by atoms with Crippen LogP contribution in [0, 0.1) is 0 Å². The minimum Gasteiger partial charge on any atom is -0.360 e. The van der Waals surface area contributed by atoms with Crippen LogP contribution in [0.3, 0.4) is 0 Å². The fourth-order valence-corrected chi connectivity index (χ4v) is 7.11. The quantitative estimate of drug-likeness (QED) is 0.236. The van der Waals surface area contributed by atoms with Gasteiger partial charge in [-0.2, -0.15) is 0 Å². The van der Waals surface area contributed by atoms with E-state index in [1.54, 1.807) is 6.07 Å². The fourth-order valence-electron chi connectivity index (χ4n) is 5.28. The van der Waals surface area contributed by atoms with Crippen LogP contribution in [-0.2, 0) is 0 Å². The topological polar surface area (TPSA) is 111 Å². The summed E-state index contributed by atoms with van der Waals surface area (Å²) in [5.74, 6) is 1.28. The lowest BCUT2D eigenvalue weighted by molar-refractivity contribution is 0.0903. The second kappa shape index (κ2) is 12.0. The van der Waals surface area contributed by atoms with E-state index in [4.69, 9.17) is 4.52 Å². The summed E-state index contributed by atoms with van der Waals surface area (Å²) < 4.78 is 29.2. The van der Waals surface area contributed by atoms with Crippen molar-refractivity contribution in [2.45, 2.75) is 63.1 Å².